The summed E-state index contributed by atoms with van der Waals surface area (Å²) in [6.45, 7) is 2.20. The quantitative estimate of drug-likeness (QED) is 0.892. The molecule has 0 amide bonds. The van der Waals surface area contributed by atoms with Crippen LogP contribution in [0.2, 0.25) is 0 Å². The molecule has 1 aromatic rings. The first-order valence-electron chi connectivity index (χ1n) is 6.48. The van der Waals surface area contributed by atoms with E-state index in [4.69, 9.17) is 4.74 Å². The number of ether oxygens (including phenoxy) is 1. The highest BCUT2D eigenvalue weighted by atomic mass is 16.5. The minimum Gasteiger partial charge on any atom is -0.497 e. The summed E-state index contributed by atoms with van der Waals surface area (Å²) >= 11 is 0. The van der Waals surface area contributed by atoms with Crippen LogP contribution >= 0.6 is 0 Å². The van der Waals surface area contributed by atoms with E-state index < -0.39 is 5.97 Å². The largest absolute Gasteiger partial charge is 0.497 e. The summed E-state index contributed by atoms with van der Waals surface area (Å²) in [5.74, 6) is 0.580. The molecule has 1 aliphatic carbocycles. The summed E-state index contributed by atoms with van der Waals surface area (Å²) in [4.78, 5) is 11.4. The first-order valence-corrected chi connectivity index (χ1v) is 6.48. The number of hydrogen-bond donors (Lipinski definition) is 1. The molecule has 0 radical (unpaired) electrons. The summed E-state index contributed by atoms with van der Waals surface area (Å²) in [6.07, 6.45) is 2.74. The zero-order chi connectivity index (χ0) is 13.1. The van der Waals surface area contributed by atoms with Crippen LogP contribution in [0.15, 0.2) is 24.3 Å². The van der Waals surface area contributed by atoms with Crippen molar-refractivity contribution < 1.29 is 14.6 Å². The van der Waals surface area contributed by atoms with Gasteiger partial charge in [-0.15, -0.1) is 0 Å². The third kappa shape index (κ3) is 2.66. The van der Waals surface area contributed by atoms with Crippen LogP contribution < -0.4 is 4.74 Å². The van der Waals surface area contributed by atoms with Crippen molar-refractivity contribution in [1.29, 1.82) is 0 Å². The van der Waals surface area contributed by atoms with Crippen molar-refractivity contribution in [3.63, 3.8) is 0 Å². The SMILES string of the molecule is COc1cccc(C2CC(C)CCC2C(=O)O)c1. The number of carbonyl (C=O) groups is 1. The van der Waals surface area contributed by atoms with E-state index in [2.05, 4.69) is 6.92 Å². The highest BCUT2D eigenvalue weighted by Crippen LogP contribution is 2.41. The van der Waals surface area contributed by atoms with Crippen LogP contribution in [0.4, 0.5) is 0 Å². The average Bonchev–Trinajstić information content (AvgIpc) is 2.38. The summed E-state index contributed by atoms with van der Waals surface area (Å²) in [5.41, 5.74) is 1.09. The van der Waals surface area contributed by atoms with E-state index in [-0.39, 0.29) is 11.8 Å². The molecule has 0 saturated heterocycles. The standard InChI is InChI=1S/C15H20O3/c1-10-6-7-13(15(16)17)14(8-10)11-4-3-5-12(9-11)18-2/h3-5,9-10,13-14H,6-8H2,1-2H3,(H,16,17). The second kappa shape index (κ2) is 5.42. The molecule has 98 valence electrons. The normalized spacial score (nSPS) is 27.8. The fourth-order valence-corrected chi connectivity index (χ4v) is 2.92. The Morgan fingerprint density at radius 1 is 1.39 bits per heavy atom. The molecule has 3 atom stereocenters. The lowest BCUT2D eigenvalue weighted by Gasteiger charge is -2.32. The number of carboxylic acids is 1. The minimum atomic E-state index is -0.672. The third-order valence-electron chi connectivity index (χ3n) is 3.95. The molecule has 1 fully saturated rings. The molecule has 1 saturated carbocycles. The second-order valence-corrected chi connectivity index (χ2v) is 5.25. The zero-order valence-corrected chi connectivity index (χ0v) is 10.9. The topological polar surface area (TPSA) is 46.5 Å². The maximum Gasteiger partial charge on any atom is 0.307 e. The van der Waals surface area contributed by atoms with Gasteiger partial charge in [0.25, 0.3) is 0 Å². The molecule has 18 heavy (non-hydrogen) atoms. The van der Waals surface area contributed by atoms with E-state index in [0.29, 0.717) is 5.92 Å². The second-order valence-electron chi connectivity index (χ2n) is 5.25. The van der Waals surface area contributed by atoms with Gasteiger partial charge in [0.1, 0.15) is 5.75 Å². The first kappa shape index (κ1) is 12.9. The molecule has 0 bridgehead atoms. The minimum absolute atomic E-state index is 0.112. The fraction of sp³-hybridized carbons (Fsp3) is 0.533. The van der Waals surface area contributed by atoms with Crippen molar-refractivity contribution in [1.82, 2.24) is 0 Å². The van der Waals surface area contributed by atoms with E-state index in [0.717, 1.165) is 30.6 Å². The van der Waals surface area contributed by atoms with E-state index in [1.165, 1.54) is 0 Å². The molecule has 2 rings (SSSR count). The maximum atomic E-state index is 11.4. The van der Waals surface area contributed by atoms with Gasteiger partial charge in [-0.05, 0) is 48.8 Å². The van der Waals surface area contributed by atoms with Gasteiger partial charge in [0.05, 0.1) is 13.0 Å². The lowest BCUT2D eigenvalue weighted by molar-refractivity contribution is -0.143. The van der Waals surface area contributed by atoms with Crippen molar-refractivity contribution in [2.24, 2.45) is 11.8 Å². The zero-order valence-electron chi connectivity index (χ0n) is 10.9. The third-order valence-corrected chi connectivity index (χ3v) is 3.95. The highest BCUT2D eigenvalue weighted by molar-refractivity contribution is 5.71. The molecule has 1 aliphatic rings. The van der Waals surface area contributed by atoms with Crippen LogP contribution in [0.25, 0.3) is 0 Å². The van der Waals surface area contributed by atoms with Crippen LogP contribution in [0, 0.1) is 11.8 Å². The Hall–Kier alpha value is -1.51. The molecule has 0 heterocycles. The Morgan fingerprint density at radius 3 is 2.83 bits per heavy atom. The van der Waals surface area contributed by atoms with Crippen LogP contribution in [-0.4, -0.2) is 18.2 Å². The number of rotatable bonds is 3. The van der Waals surface area contributed by atoms with Gasteiger partial charge in [0.2, 0.25) is 0 Å². The Morgan fingerprint density at radius 2 is 2.17 bits per heavy atom. The number of carboxylic acid groups (broad SMARTS) is 1. The van der Waals surface area contributed by atoms with Gasteiger partial charge in [-0.1, -0.05) is 19.1 Å². The number of aliphatic carboxylic acids is 1. The summed E-state index contributed by atoms with van der Waals surface area (Å²) in [6, 6.07) is 7.82. The van der Waals surface area contributed by atoms with Crippen molar-refractivity contribution >= 4 is 5.97 Å². The smallest absolute Gasteiger partial charge is 0.307 e. The predicted molar refractivity (Wildman–Crippen MR) is 69.9 cm³/mol. The van der Waals surface area contributed by atoms with Gasteiger partial charge >= 0.3 is 5.97 Å². The molecule has 1 aromatic carbocycles. The highest BCUT2D eigenvalue weighted by Gasteiger charge is 2.34. The molecule has 3 heteroatoms. The molecule has 0 aromatic heterocycles. The van der Waals surface area contributed by atoms with Gasteiger partial charge in [-0.3, -0.25) is 4.79 Å². The summed E-state index contributed by atoms with van der Waals surface area (Å²) in [5, 5.41) is 9.35. The van der Waals surface area contributed by atoms with E-state index in [9.17, 15) is 9.90 Å². The van der Waals surface area contributed by atoms with Crippen molar-refractivity contribution in [3.8, 4) is 5.75 Å². The van der Waals surface area contributed by atoms with E-state index in [1.54, 1.807) is 7.11 Å². The van der Waals surface area contributed by atoms with Crippen LogP contribution in [-0.2, 0) is 4.79 Å². The molecule has 3 nitrogen and oxygen atoms in total. The first-order chi connectivity index (χ1) is 8.61. The van der Waals surface area contributed by atoms with Gasteiger partial charge in [0.15, 0.2) is 0 Å². The Balaban J connectivity index is 2.28. The lowest BCUT2D eigenvalue weighted by Crippen LogP contribution is -2.28. The molecule has 0 spiro atoms. The molecule has 0 aliphatic heterocycles. The number of benzene rings is 1. The van der Waals surface area contributed by atoms with Crippen molar-refractivity contribution in [3.05, 3.63) is 29.8 Å². The maximum absolute atomic E-state index is 11.4. The predicted octanol–water partition coefficient (Wildman–Crippen LogP) is 3.30. The molecule has 1 N–H and O–H groups in total. The van der Waals surface area contributed by atoms with Crippen LogP contribution in [0.5, 0.6) is 5.75 Å². The van der Waals surface area contributed by atoms with E-state index in [1.807, 2.05) is 24.3 Å². The van der Waals surface area contributed by atoms with Gasteiger partial charge < -0.3 is 9.84 Å². The van der Waals surface area contributed by atoms with E-state index >= 15 is 0 Å². The number of hydrogen-bond acceptors (Lipinski definition) is 2. The Kier molecular flexibility index (Phi) is 3.90. The Labute approximate surface area is 108 Å². The van der Waals surface area contributed by atoms with Gasteiger partial charge in [-0.2, -0.15) is 0 Å². The van der Waals surface area contributed by atoms with Crippen LogP contribution in [0.3, 0.4) is 0 Å². The molecule has 3 unspecified atom stereocenters. The lowest BCUT2D eigenvalue weighted by atomic mass is 9.71. The average molecular weight is 248 g/mol. The molecular formula is C15H20O3. The summed E-state index contributed by atoms with van der Waals surface area (Å²) in [7, 11) is 1.64. The van der Waals surface area contributed by atoms with Crippen molar-refractivity contribution in [2.45, 2.75) is 32.1 Å². The Bertz CT molecular complexity index is 428. The summed E-state index contributed by atoms with van der Waals surface area (Å²) < 4.78 is 5.22. The van der Waals surface area contributed by atoms with Crippen molar-refractivity contribution in [2.75, 3.05) is 7.11 Å². The van der Waals surface area contributed by atoms with Gasteiger partial charge in [0, 0.05) is 0 Å². The molecular weight excluding hydrogens is 228 g/mol. The monoisotopic (exact) mass is 248 g/mol. The van der Waals surface area contributed by atoms with Crippen LogP contribution in [0.1, 0.15) is 37.7 Å². The van der Waals surface area contributed by atoms with Gasteiger partial charge in [-0.25, -0.2) is 0 Å². The fourth-order valence-electron chi connectivity index (χ4n) is 2.92. The number of methoxy groups -OCH3 is 1.